The van der Waals surface area contributed by atoms with Gasteiger partial charge in [0.1, 0.15) is 5.78 Å². The van der Waals surface area contributed by atoms with Gasteiger partial charge < -0.3 is 10.2 Å². The van der Waals surface area contributed by atoms with Crippen LogP contribution in [0.3, 0.4) is 0 Å². The molecule has 2 N–H and O–H groups in total. The van der Waals surface area contributed by atoms with Gasteiger partial charge in [-0.05, 0) is 61.7 Å². The van der Waals surface area contributed by atoms with Crippen molar-refractivity contribution in [2.24, 2.45) is 28.6 Å². The molecule has 22 heavy (non-hydrogen) atoms. The van der Waals surface area contributed by atoms with Crippen LogP contribution in [0.25, 0.3) is 0 Å². The Balaban J connectivity index is 1.74. The molecule has 0 radical (unpaired) electrons. The summed E-state index contributed by atoms with van der Waals surface area (Å²) >= 11 is 0. The standard InChI is InChI=1S/C19H28O3/c1-18-7-5-12(20)9-11(18)10-15(21)17-13-3-4-16(22)19(13,2)8-6-14(17)18/h9,12-15,17,20-21H,3-8,10H2,1-2H3/t12-,13-,14-,15+,17-,18-,19-/m0/s1. The molecular formula is C19H28O3. The summed E-state index contributed by atoms with van der Waals surface area (Å²) in [6.07, 6.45) is 7.57. The van der Waals surface area contributed by atoms with E-state index in [0.29, 0.717) is 30.5 Å². The van der Waals surface area contributed by atoms with E-state index < -0.39 is 0 Å². The molecule has 3 fully saturated rings. The SMILES string of the molecule is C[C@]12CC[C@H](O)C=C1C[C@@H](O)[C@@H]1[C@@H]2CC[C@]2(C)C(=O)CC[C@@H]12. The fraction of sp³-hybridized carbons (Fsp3) is 0.842. The summed E-state index contributed by atoms with van der Waals surface area (Å²) in [6, 6.07) is 0. The number of fused-ring (bicyclic) bond motifs is 5. The van der Waals surface area contributed by atoms with Crippen LogP contribution in [0.2, 0.25) is 0 Å². The van der Waals surface area contributed by atoms with Crippen LogP contribution in [0.5, 0.6) is 0 Å². The second-order valence-corrected chi connectivity index (χ2v) is 8.70. The summed E-state index contributed by atoms with van der Waals surface area (Å²) in [4.78, 5) is 12.4. The van der Waals surface area contributed by atoms with E-state index in [4.69, 9.17) is 0 Å². The first-order chi connectivity index (χ1) is 10.4. The number of rotatable bonds is 0. The van der Waals surface area contributed by atoms with Crippen LogP contribution < -0.4 is 0 Å². The van der Waals surface area contributed by atoms with Crippen molar-refractivity contribution in [1.29, 1.82) is 0 Å². The van der Waals surface area contributed by atoms with Crippen molar-refractivity contribution >= 4 is 5.78 Å². The summed E-state index contributed by atoms with van der Waals surface area (Å²) in [5, 5.41) is 20.8. The van der Waals surface area contributed by atoms with Gasteiger partial charge in [0.15, 0.2) is 0 Å². The number of aliphatic hydroxyl groups excluding tert-OH is 2. The molecule has 0 aromatic carbocycles. The molecule has 4 aliphatic carbocycles. The van der Waals surface area contributed by atoms with Crippen molar-refractivity contribution in [3.63, 3.8) is 0 Å². The van der Waals surface area contributed by atoms with Crippen LogP contribution in [0.4, 0.5) is 0 Å². The first-order valence-electron chi connectivity index (χ1n) is 8.97. The second-order valence-electron chi connectivity index (χ2n) is 8.70. The van der Waals surface area contributed by atoms with Gasteiger partial charge >= 0.3 is 0 Å². The van der Waals surface area contributed by atoms with Crippen molar-refractivity contribution in [3.8, 4) is 0 Å². The summed E-state index contributed by atoms with van der Waals surface area (Å²) in [6.45, 7) is 4.49. The van der Waals surface area contributed by atoms with E-state index in [0.717, 1.165) is 32.1 Å². The van der Waals surface area contributed by atoms with Gasteiger partial charge in [0.2, 0.25) is 0 Å². The van der Waals surface area contributed by atoms with Gasteiger partial charge in [-0.25, -0.2) is 0 Å². The average molecular weight is 304 g/mol. The molecule has 7 atom stereocenters. The zero-order valence-electron chi connectivity index (χ0n) is 13.7. The molecule has 0 saturated heterocycles. The molecule has 3 heteroatoms. The summed E-state index contributed by atoms with van der Waals surface area (Å²) in [5.74, 6) is 1.52. The van der Waals surface area contributed by atoms with Gasteiger partial charge in [-0.3, -0.25) is 4.79 Å². The Hall–Kier alpha value is -0.670. The first-order valence-corrected chi connectivity index (χ1v) is 8.97. The van der Waals surface area contributed by atoms with E-state index in [1.807, 2.05) is 6.08 Å². The van der Waals surface area contributed by atoms with Crippen LogP contribution in [-0.2, 0) is 4.79 Å². The largest absolute Gasteiger partial charge is 0.392 e. The molecule has 0 aromatic heterocycles. The van der Waals surface area contributed by atoms with Crippen LogP contribution >= 0.6 is 0 Å². The summed E-state index contributed by atoms with van der Waals surface area (Å²) < 4.78 is 0. The normalized spacial score (nSPS) is 54.3. The topological polar surface area (TPSA) is 57.5 Å². The van der Waals surface area contributed by atoms with Gasteiger partial charge in [-0.2, -0.15) is 0 Å². The molecule has 0 unspecified atom stereocenters. The summed E-state index contributed by atoms with van der Waals surface area (Å²) in [5.41, 5.74) is 1.21. The van der Waals surface area contributed by atoms with Gasteiger partial charge in [0, 0.05) is 11.8 Å². The van der Waals surface area contributed by atoms with E-state index in [-0.39, 0.29) is 29.0 Å². The van der Waals surface area contributed by atoms with E-state index in [1.54, 1.807) is 0 Å². The molecule has 4 aliphatic rings. The Bertz CT molecular complexity index is 539. The lowest BCUT2D eigenvalue weighted by Gasteiger charge is -2.58. The predicted molar refractivity (Wildman–Crippen MR) is 84.1 cm³/mol. The van der Waals surface area contributed by atoms with Gasteiger partial charge in [-0.1, -0.05) is 25.5 Å². The Kier molecular flexibility index (Phi) is 3.16. The molecule has 0 spiro atoms. The highest BCUT2D eigenvalue weighted by molar-refractivity contribution is 5.87. The smallest absolute Gasteiger partial charge is 0.139 e. The molecule has 122 valence electrons. The number of hydrogen-bond donors (Lipinski definition) is 2. The molecule has 0 aromatic rings. The van der Waals surface area contributed by atoms with Gasteiger partial charge in [0.25, 0.3) is 0 Å². The summed E-state index contributed by atoms with van der Waals surface area (Å²) in [7, 11) is 0. The molecule has 0 aliphatic heterocycles. The van der Waals surface area contributed by atoms with Crippen molar-refractivity contribution in [3.05, 3.63) is 11.6 Å². The molecule has 0 amide bonds. The maximum atomic E-state index is 12.4. The maximum absolute atomic E-state index is 12.4. The molecule has 0 bridgehead atoms. The van der Waals surface area contributed by atoms with Crippen molar-refractivity contribution < 1.29 is 15.0 Å². The molecular weight excluding hydrogens is 276 g/mol. The third kappa shape index (κ3) is 1.78. The first kappa shape index (κ1) is 14.9. The number of ketones is 1. The molecule has 3 nitrogen and oxygen atoms in total. The number of carbonyl (C=O) groups is 1. The van der Waals surface area contributed by atoms with Crippen LogP contribution in [0, 0.1) is 28.6 Å². The van der Waals surface area contributed by atoms with E-state index in [2.05, 4.69) is 13.8 Å². The zero-order chi connectivity index (χ0) is 15.7. The highest BCUT2D eigenvalue weighted by Crippen LogP contribution is 2.64. The molecule has 4 rings (SSSR count). The van der Waals surface area contributed by atoms with Crippen LogP contribution in [0.15, 0.2) is 11.6 Å². The second kappa shape index (κ2) is 4.67. The monoisotopic (exact) mass is 304 g/mol. The molecule has 0 heterocycles. The van der Waals surface area contributed by atoms with E-state index >= 15 is 0 Å². The van der Waals surface area contributed by atoms with Crippen LogP contribution in [-0.4, -0.2) is 28.2 Å². The van der Waals surface area contributed by atoms with Crippen molar-refractivity contribution in [2.45, 2.75) is 71.0 Å². The van der Waals surface area contributed by atoms with E-state index in [1.165, 1.54) is 5.57 Å². The minimum Gasteiger partial charge on any atom is -0.392 e. The Labute approximate surface area is 132 Å². The number of carbonyl (C=O) groups excluding carboxylic acids is 1. The Morgan fingerprint density at radius 1 is 1.05 bits per heavy atom. The number of Topliss-reactive ketones (excluding diaryl/α,β-unsaturated/α-hetero) is 1. The maximum Gasteiger partial charge on any atom is 0.139 e. The Morgan fingerprint density at radius 2 is 1.73 bits per heavy atom. The lowest BCUT2D eigenvalue weighted by atomic mass is 9.46. The number of aliphatic hydroxyl groups is 2. The lowest BCUT2D eigenvalue weighted by Crippen LogP contribution is -2.55. The zero-order valence-corrected chi connectivity index (χ0v) is 13.7. The quantitative estimate of drug-likeness (QED) is 0.677. The number of hydrogen-bond acceptors (Lipinski definition) is 3. The van der Waals surface area contributed by atoms with Crippen molar-refractivity contribution in [1.82, 2.24) is 0 Å². The Morgan fingerprint density at radius 3 is 2.50 bits per heavy atom. The van der Waals surface area contributed by atoms with Gasteiger partial charge in [0.05, 0.1) is 12.2 Å². The van der Waals surface area contributed by atoms with Crippen molar-refractivity contribution in [2.75, 3.05) is 0 Å². The minimum absolute atomic E-state index is 0.121. The fourth-order valence-corrected chi connectivity index (χ4v) is 6.45. The van der Waals surface area contributed by atoms with E-state index in [9.17, 15) is 15.0 Å². The predicted octanol–water partition coefficient (Wildman–Crippen LogP) is 2.85. The minimum atomic E-state index is -0.342. The van der Waals surface area contributed by atoms with Crippen LogP contribution in [0.1, 0.15) is 58.8 Å². The highest BCUT2D eigenvalue weighted by Gasteiger charge is 2.61. The third-order valence-corrected chi connectivity index (χ3v) is 7.82. The average Bonchev–Trinajstić information content (AvgIpc) is 2.77. The van der Waals surface area contributed by atoms with Gasteiger partial charge in [-0.15, -0.1) is 0 Å². The highest BCUT2D eigenvalue weighted by atomic mass is 16.3. The fourth-order valence-electron chi connectivity index (χ4n) is 6.45. The lowest BCUT2D eigenvalue weighted by molar-refractivity contribution is -0.139. The molecule has 3 saturated carbocycles. The third-order valence-electron chi connectivity index (χ3n) is 7.82.